The average molecular weight is 256 g/mol. The second-order valence-electron chi connectivity index (χ2n) is 4.33. The summed E-state index contributed by atoms with van der Waals surface area (Å²) in [5.74, 6) is 0.423. The number of fused-ring (bicyclic) bond motifs is 3. The first-order valence-electron chi connectivity index (χ1n) is 5.98. The summed E-state index contributed by atoms with van der Waals surface area (Å²) in [5, 5.41) is 14.0. The maximum Gasteiger partial charge on any atom is 0.303 e. The van der Waals surface area contributed by atoms with Crippen LogP contribution in [0.2, 0.25) is 0 Å². The molecule has 0 radical (unpaired) electrons. The van der Waals surface area contributed by atoms with Gasteiger partial charge in [0.1, 0.15) is 11.6 Å². The minimum Gasteiger partial charge on any atom is -0.481 e. The molecule has 1 N–H and O–H groups in total. The summed E-state index contributed by atoms with van der Waals surface area (Å²) in [6.07, 6.45) is 0.360. The number of rotatable bonds is 3. The van der Waals surface area contributed by atoms with Gasteiger partial charge in [-0.3, -0.25) is 4.79 Å². The molecule has 0 atom stereocenters. The van der Waals surface area contributed by atoms with Gasteiger partial charge in [-0.2, -0.15) is 4.52 Å². The zero-order chi connectivity index (χ0) is 13.4. The third-order valence-electron chi connectivity index (χ3n) is 2.91. The molecule has 0 aliphatic heterocycles. The topological polar surface area (TPSA) is 80.4 Å². The van der Waals surface area contributed by atoms with Crippen molar-refractivity contribution in [2.24, 2.45) is 0 Å². The molecule has 1 aromatic carbocycles. The number of carbonyl (C=O) groups is 1. The Labute approximate surface area is 108 Å². The number of aryl methyl sites for hydroxylation is 2. The molecule has 0 aliphatic rings. The van der Waals surface area contributed by atoms with E-state index in [1.54, 1.807) is 4.52 Å². The lowest BCUT2D eigenvalue weighted by Crippen LogP contribution is -2.07. The molecular weight excluding hydrogens is 244 g/mol. The second kappa shape index (κ2) is 4.31. The highest BCUT2D eigenvalue weighted by molar-refractivity contribution is 5.91. The van der Waals surface area contributed by atoms with Gasteiger partial charge < -0.3 is 5.11 Å². The number of benzene rings is 1. The molecule has 2 aromatic heterocycles. The molecule has 0 spiro atoms. The molecule has 0 unspecified atom stereocenters. The van der Waals surface area contributed by atoms with Gasteiger partial charge in [-0.25, -0.2) is 9.97 Å². The van der Waals surface area contributed by atoms with E-state index in [9.17, 15) is 4.79 Å². The largest absolute Gasteiger partial charge is 0.481 e. The summed E-state index contributed by atoms with van der Waals surface area (Å²) in [5.41, 5.74) is 1.53. The van der Waals surface area contributed by atoms with Gasteiger partial charge in [-0.05, 0) is 19.1 Å². The van der Waals surface area contributed by atoms with E-state index < -0.39 is 5.97 Å². The van der Waals surface area contributed by atoms with Crippen LogP contribution in [0, 0.1) is 6.92 Å². The summed E-state index contributed by atoms with van der Waals surface area (Å²) in [4.78, 5) is 19.6. The highest BCUT2D eigenvalue weighted by Gasteiger charge is 2.12. The Hall–Kier alpha value is -2.50. The van der Waals surface area contributed by atoms with Gasteiger partial charge >= 0.3 is 5.97 Å². The molecule has 6 heteroatoms. The fraction of sp³-hybridized carbons (Fsp3) is 0.231. The Morgan fingerprint density at radius 1 is 1.32 bits per heavy atom. The number of carboxylic acids is 1. The second-order valence-corrected chi connectivity index (χ2v) is 4.33. The third-order valence-corrected chi connectivity index (χ3v) is 2.91. The smallest absolute Gasteiger partial charge is 0.303 e. The first kappa shape index (κ1) is 11.6. The van der Waals surface area contributed by atoms with Gasteiger partial charge in [0.15, 0.2) is 5.65 Å². The van der Waals surface area contributed by atoms with Crippen molar-refractivity contribution in [3.63, 3.8) is 0 Å². The number of nitrogens with zero attached hydrogens (tertiary/aromatic N) is 4. The fourth-order valence-electron chi connectivity index (χ4n) is 2.10. The van der Waals surface area contributed by atoms with Crippen LogP contribution in [0.4, 0.5) is 0 Å². The Balaban J connectivity index is 2.26. The van der Waals surface area contributed by atoms with Gasteiger partial charge in [-0.15, -0.1) is 5.10 Å². The molecule has 0 aliphatic carbocycles. The van der Waals surface area contributed by atoms with Gasteiger partial charge in [0.2, 0.25) is 0 Å². The van der Waals surface area contributed by atoms with Crippen LogP contribution in [0.1, 0.15) is 18.1 Å². The predicted molar refractivity (Wildman–Crippen MR) is 69.0 cm³/mol. The number of para-hydroxylation sites is 1. The SMILES string of the molecule is Cc1nc2c3ccccc3nc(CCC(=O)O)n2n1. The van der Waals surface area contributed by atoms with E-state index in [2.05, 4.69) is 15.1 Å². The summed E-state index contributed by atoms with van der Waals surface area (Å²) in [6, 6.07) is 7.65. The molecule has 0 saturated heterocycles. The van der Waals surface area contributed by atoms with E-state index in [4.69, 9.17) is 5.11 Å². The first-order valence-corrected chi connectivity index (χ1v) is 5.98. The van der Waals surface area contributed by atoms with Crippen molar-refractivity contribution in [3.8, 4) is 0 Å². The first-order chi connectivity index (χ1) is 9.15. The van der Waals surface area contributed by atoms with Crippen LogP contribution in [0.5, 0.6) is 0 Å². The zero-order valence-electron chi connectivity index (χ0n) is 10.4. The van der Waals surface area contributed by atoms with Gasteiger partial charge in [0, 0.05) is 11.8 Å². The molecule has 0 bridgehead atoms. The van der Waals surface area contributed by atoms with Crippen LogP contribution in [-0.2, 0) is 11.2 Å². The highest BCUT2D eigenvalue weighted by atomic mass is 16.4. The van der Waals surface area contributed by atoms with Crippen molar-refractivity contribution in [1.82, 2.24) is 19.6 Å². The van der Waals surface area contributed by atoms with Crippen molar-refractivity contribution in [2.45, 2.75) is 19.8 Å². The Kier molecular flexibility index (Phi) is 2.63. The Morgan fingerprint density at radius 3 is 2.89 bits per heavy atom. The number of hydrogen-bond acceptors (Lipinski definition) is 4. The molecule has 19 heavy (non-hydrogen) atoms. The lowest BCUT2D eigenvalue weighted by atomic mass is 10.2. The highest BCUT2D eigenvalue weighted by Crippen LogP contribution is 2.18. The van der Waals surface area contributed by atoms with Crippen LogP contribution < -0.4 is 0 Å². The molecule has 0 saturated carbocycles. The molecule has 3 rings (SSSR count). The summed E-state index contributed by atoms with van der Waals surface area (Å²) in [6.45, 7) is 1.81. The number of carboxylic acid groups (broad SMARTS) is 1. The number of aromatic nitrogens is 4. The van der Waals surface area contributed by atoms with Gasteiger partial charge in [0.05, 0.1) is 11.9 Å². The number of aliphatic carboxylic acids is 1. The maximum atomic E-state index is 10.7. The van der Waals surface area contributed by atoms with E-state index >= 15 is 0 Å². The molecule has 3 aromatic rings. The lowest BCUT2D eigenvalue weighted by Gasteiger charge is -2.05. The van der Waals surface area contributed by atoms with Crippen LogP contribution in [-0.4, -0.2) is 30.7 Å². The van der Waals surface area contributed by atoms with E-state index in [1.807, 2.05) is 31.2 Å². The third kappa shape index (κ3) is 2.01. The maximum absolute atomic E-state index is 10.7. The molecule has 6 nitrogen and oxygen atoms in total. The number of hydrogen-bond donors (Lipinski definition) is 1. The van der Waals surface area contributed by atoms with Crippen LogP contribution >= 0.6 is 0 Å². The van der Waals surface area contributed by atoms with Crippen molar-refractivity contribution < 1.29 is 9.90 Å². The Morgan fingerprint density at radius 2 is 2.11 bits per heavy atom. The van der Waals surface area contributed by atoms with Crippen molar-refractivity contribution in [3.05, 3.63) is 35.9 Å². The van der Waals surface area contributed by atoms with Crippen LogP contribution in [0.15, 0.2) is 24.3 Å². The quantitative estimate of drug-likeness (QED) is 0.769. The van der Waals surface area contributed by atoms with Crippen molar-refractivity contribution >= 4 is 22.5 Å². The minimum atomic E-state index is -0.847. The molecule has 0 amide bonds. The van der Waals surface area contributed by atoms with Gasteiger partial charge in [0.25, 0.3) is 0 Å². The normalized spacial score (nSPS) is 11.2. The fourth-order valence-corrected chi connectivity index (χ4v) is 2.10. The van der Waals surface area contributed by atoms with Crippen LogP contribution in [0.25, 0.3) is 16.6 Å². The summed E-state index contributed by atoms with van der Waals surface area (Å²) >= 11 is 0. The van der Waals surface area contributed by atoms with E-state index in [1.165, 1.54) is 0 Å². The molecule has 96 valence electrons. The van der Waals surface area contributed by atoms with Gasteiger partial charge in [-0.1, -0.05) is 12.1 Å². The molecule has 0 fully saturated rings. The standard InChI is InChI=1S/C13H12N4O2/c1-8-14-13-9-4-2-3-5-10(9)15-11(17(13)16-8)6-7-12(18)19/h2-5H,6-7H2,1H3,(H,18,19). The Bertz CT molecular complexity index is 779. The van der Waals surface area contributed by atoms with Crippen LogP contribution in [0.3, 0.4) is 0 Å². The minimum absolute atomic E-state index is 0.0271. The molecule has 2 heterocycles. The average Bonchev–Trinajstić information content (AvgIpc) is 2.77. The lowest BCUT2D eigenvalue weighted by molar-refractivity contribution is -0.137. The molecular formula is C13H12N4O2. The summed E-state index contributed by atoms with van der Waals surface area (Å²) in [7, 11) is 0. The van der Waals surface area contributed by atoms with Crippen molar-refractivity contribution in [1.29, 1.82) is 0 Å². The monoisotopic (exact) mass is 256 g/mol. The van der Waals surface area contributed by atoms with E-state index in [0.717, 1.165) is 16.6 Å². The van der Waals surface area contributed by atoms with Crippen molar-refractivity contribution in [2.75, 3.05) is 0 Å². The zero-order valence-corrected chi connectivity index (χ0v) is 10.4. The van der Waals surface area contributed by atoms with E-state index in [-0.39, 0.29) is 6.42 Å². The summed E-state index contributed by atoms with van der Waals surface area (Å²) < 4.78 is 1.64. The van der Waals surface area contributed by atoms with E-state index in [0.29, 0.717) is 18.1 Å². The predicted octanol–water partition coefficient (Wildman–Crippen LogP) is 1.60.